The molecule has 0 aliphatic carbocycles. The molecule has 2 aromatic carbocycles. The third kappa shape index (κ3) is 2.84. The molecule has 1 unspecified atom stereocenters. The van der Waals surface area contributed by atoms with Crippen molar-refractivity contribution in [3.05, 3.63) is 65.9 Å². The molecule has 1 saturated heterocycles. The van der Waals surface area contributed by atoms with Gasteiger partial charge in [-0.2, -0.15) is 0 Å². The molecule has 4 rings (SSSR count). The van der Waals surface area contributed by atoms with Crippen LogP contribution in [-0.4, -0.2) is 23.5 Å². The molecular formula is C20H22N2O. The van der Waals surface area contributed by atoms with E-state index in [0.29, 0.717) is 12.6 Å². The maximum Gasteiger partial charge on any atom is 0.120 e. The fraction of sp³-hybridized carbons (Fsp3) is 0.300. The minimum Gasteiger partial charge on any atom is -0.489 e. The summed E-state index contributed by atoms with van der Waals surface area (Å²) in [6.45, 7) is 1.79. The van der Waals surface area contributed by atoms with Gasteiger partial charge in [-0.3, -0.25) is 4.90 Å². The first-order valence-corrected chi connectivity index (χ1v) is 8.29. The lowest BCUT2D eigenvalue weighted by molar-refractivity contribution is 0.306. The number of nitrogens with zero attached hydrogens (tertiary/aromatic N) is 1. The van der Waals surface area contributed by atoms with E-state index in [-0.39, 0.29) is 0 Å². The Kier molecular flexibility index (Phi) is 3.80. The van der Waals surface area contributed by atoms with Gasteiger partial charge in [0.05, 0.1) is 0 Å². The number of fused-ring (bicyclic) bond motifs is 1. The number of hydrogen-bond acceptors (Lipinski definition) is 2. The fourth-order valence-electron chi connectivity index (χ4n) is 3.53. The molecule has 1 N–H and O–H groups in total. The number of likely N-dealkylation sites (tertiary alicyclic amines) is 1. The summed E-state index contributed by atoms with van der Waals surface area (Å²) in [6, 6.07) is 17.2. The van der Waals surface area contributed by atoms with E-state index in [1.807, 2.05) is 24.3 Å². The minimum atomic E-state index is 0.521. The van der Waals surface area contributed by atoms with Gasteiger partial charge >= 0.3 is 0 Å². The Morgan fingerprint density at radius 3 is 2.83 bits per heavy atom. The fourth-order valence-corrected chi connectivity index (χ4v) is 3.53. The molecule has 23 heavy (non-hydrogen) atoms. The van der Waals surface area contributed by atoms with Crippen molar-refractivity contribution in [3.63, 3.8) is 0 Å². The molecule has 0 radical (unpaired) electrons. The van der Waals surface area contributed by atoms with Crippen LogP contribution >= 0.6 is 0 Å². The predicted octanol–water partition coefficient (Wildman–Crippen LogP) is 4.51. The highest BCUT2D eigenvalue weighted by Crippen LogP contribution is 2.36. The normalized spacial score (nSPS) is 18.6. The zero-order valence-electron chi connectivity index (χ0n) is 13.5. The number of hydrogen-bond donors (Lipinski definition) is 1. The number of aromatic nitrogens is 1. The monoisotopic (exact) mass is 306 g/mol. The van der Waals surface area contributed by atoms with Crippen molar-refractivity contribution in [2.75, 3.05) is 13.6 Å². The standard InChI is InChI=1S/C20H22N2O/c1-22-11-5-8-20(22)18-13-21-19-10-9-16(12-17(18)19)23-14-15-6-3-2-4-7-15/h2-4,6-7,9-10,12-13,20-21H,5,8,11,14H2,1H3. The van der Waals surface area contributed by atoms with Gasteiger partial charge in [-0.15, -0.1) is 0 Å². The van der Waals surface area contributed by atoms with Crippen molar-refractivity contribution < 1.29 is 4.74 Å². The summed E-state index contributed by atoms with van der Waals surface area (Å²) in [5.74, 6) is 0.933. The Hall–Kier alpha value is -2.26. The van der Waals surface area contributed by atoms with Crippen LogP contribution in [0.1, 0.15) is 30.0 Å². The highest BCUT2D eigenvalue weighted by molar-refractivity contribution is 5.85. The van der Waals surface area contributed by atoms with Crippen molar-refractivity contribution in [2.24, 2.45) is 0 Å². The quantitative estimate of drug-likeness (QED) is 0.768. The summed E-state index contributed by atoms with van der Waals surface area (Å²) in [4.78, 5) is 5.85. The van der Waals surface area contributed by atoms with Crippen molar-refractivity contribution in [1.29, 1.82) is 0 Å². The lowest BCUT2D eigenvalue weighted by atomic mass is 10.0. The summed E-state index contributed by atoms with van der Waals surface area (Å²) < 4.78 is 5.99. The molecule has 3 aromatic rings. The van der Waals surface area contributed by atoms with E-state index in [2.05, 4.69) is 47.4 Å². The maximum absolute atomic E-state index is 5.99. The molecule has 0 saturated carbocycles. The van der Waals surface area contributed by atoms with Crippen LogP contribution < -0.4 is 4.74 Å². The summed E-state index contributed by atoms with van der Waals surface area (Å²) in [7, 11) is 2.21. The third-order valence-corrected chi connectivity index (χ3v) is 4.81. The number of rotatable bonds is 4. The van der Waals surface area contributed by atoms with E-state index in [1.54, 1.807) is 0 Å². The second kappa shape index (κ2) is 6.09. The van der Waals surface area contributed by atoms with Crippen molar-refractivity contribution >= 4 is 10.9 Å². The van der Waals surface area contributed by atoms with E-state index < -0.39 is 0 Å². The van der Waals surface area contributed by atoms with Gasteiger partial charge in [0.1, 0.15) is 12.4 Å². The van der Waals surface area contributed by atoms with E-state index in [9.17, 15) is 0 Å². The minimum absolute atomic E-state index is 0.521. The van der Waals surface area contributed by atoms with Gasteiger partial charge < -0.3 is 9.72 Å². The highest BCUT2D eigenvalue weighted by atomic mass is 16.5. The largest absolute Gasteiger partial charge is 0.489 e. The topological polar surface area (TPSA) is 28.3 Å². The van der Waals surface area contributed by atoms with Gasteiger partial charge in [0.2, 0.25) is 0 Å². The van der Waals surface area contributed by atoms with Gasteiger partial charge in [0, 0.05) is 23.1 Å². The van der Waals surface area contributed by atoms with E-state index >= 15 is 0 Å². The Balaban J connectivity index is 1.59. The van der Waals surface area contributed by atoms with Gasteiger partial charge in [-0.25, -0.2) is 0 Å². The molecule has 118 valence electrons. The van der Waals surface area contributed by atoms with Gasteiger partial charge in [-0.05, 0) is 55.8 Å². The van der Waals surface area contributed by atoms with Crippen molar-refractivity contribution in [3.8, 4) is 5.75 Å². The Bertz CT molecular complexity index is 794. The second-order valence-corrected chi connectivity index (χ2v) is 6.36. The first-order chi connectivity index (χ1) is 11.3. The van der Waals surface area contributed by atoms with Crippen LogP contribution in [0, 0.1) is 0 Å². The Morgan fingerprint density at radius 2 is 2.04 bits per heavy atom. The zero-order chi connectivity index (χ0) is 15.6. The molecule has 1 aromatic heterocycles. The average molecular weight is 306 g/mol. The average Bonchev–Trinajstić information content (AvgIpc) is 3.19. The first kappa shape index (κ1) is 14.3. The number of nitrogens with one attached hydrogen (secondary N) is 1. The van der Waals surface area contributed by atoms with E-state index in [0.717, 1.165) is 5.75 Å². The van der Waals surface area contributed by atoms with Gasteiger partial charge in [0.15, 0.2) is 0 Å². The van der Waals surface area contributed by atoms with E-state index in [1.165, 1.54) is 41.4 Å². The van der Waals surface area contributed by atoms with Crippen LogP contribution in [0.2, 0.25) is 0 Å². The van der Waals surface area contributed by atoms with Crippen molar-refractivity contribution in [2.45, 2.75) is 25.5 Å². The Morgan fingerprint density at radius 1 is 1.17 bits per heavy atom. The highest BCUT2D eigenvalue weighted by Gasteiger charge is 2.24. The summed E-state index contributed by atoms with van der Waals surface area (Å²) >= 11 is 0. The molecule has 0 bridgehead atoms. The van der Waals surface area contributed by atoms with Gasteiger partial charge in [0.25, 0.3) is 0 Å². The Labute approximate surface area is 136 Å². The molecule has 1 aliphatic rings. The molecule has 3 heteroatoms. The summed E-state index contributed by atoms with van der Waals surface area (Å²) in [5, 5.41) is 1.29. The SMILES string of the molecule is CN1CCCC1c1c[nH]c2ccc(OCc3ccccc3)cc12. The molecule has 2 heterocycles. The van der Waals surface area contributed by atoms with Crippen LogP contribution in [0.5, 0.6) is 5.75 Å². The molecule has 0 spiro atoms. The molecular weight excluding hydrogens is 284 g/mol. The van der Waals surface area contributed by atoms with Crippen LogP contribution in [0.3, 0.4) is 0 Å². The van der Waals surface area contributed by atoms with Crippen LogP contribution in [0.15, 0.2) is 54.7 Å². The lowest BCUT2D eigenvalue weighted by Gasteiger charge is -2.19. The summed E-state index contributed by atoms with van der Waals surface area (Å²) in [6.07, 6.45) is 4.68. The number of ether oxygens (including phenoxy) is 1. The molecule has 1 atom stereocenters. The zero-order valence-corrected chi connectivity index (χ0v) is 13.5. The van der Waals surface area contributed by atoms with Crippen molar-refractivity contribution in [1.82, 2.24) is 9.88 Å². The van der Waals surface area contributed by atoms with Crippen LogP contribution in [0.25, 0.3) is 10.9 Å². The van der Waals surface area contributed by atoms with Crippen LogP contribution in [-0.2, 0) is 6.61 Å². The molecule has 3 nitrogen and oxygen atoms in total. The predicted molar refractivity (Wildman–Crippen MR) is 93.7 cm³/mol. The maximum atomic E-state index is 5.99. The smallest absolute Gasteiger partial charge is 0.120 e. The van der Waals surface area contributed by atoms with Crippen LogP contribution in [0.4, 0.5) is 0 Å². The lowest BCUT2D eigenvalue weighted by Crippen LogP contribution is -2.17. The number of benzene rings is 2. The molecule has 0 amide bonds. The number of H-pyrrole nitrogens is 1. The first-order valence-electron chi connectivity index (χ1n) is 8.29. The summed E-state index contributed by atoms with van der Waals surface area (Å²) in [5.41, 5.74) is 3.77. The van der Waals surface area contributed by atoms with E-state index in [4.69, 9.17) is 4.74 Å². The molecule has 1 fully saturated rings. The third-order valence-electron chi connectivity index (χ3n) is 4.81. The second-order valence-electron chi connectivity index (χ2n) is 6.36. The molecule has 1 aliphatic heterocycles. The number of aromatic amines is 1. The van der Waals surface area contributed by atoms with Gasteiger partial charge in [-0.1, -0.05) is 30.3 Å².